The fourth-order valence-electron chi connectivity index (χ4n) is 1.58. The van der Waals surface area contributed by atoms with Crippen molar-refractivity contribution < 1.29 is 9.53 Å². The number of hydrogen-bond donors (Lipinski definition) is 1. The van der Waals surface area contributed by atoms with Crippen molar-refractivity contribution in [2.24, 2.45) is 0 Å². The Bertz CT molecular complexity index is 614. The number of rotatable bonds is 3. The van der Waals surface area contributed by atoms with Gasteiger partial charge >= 0.3 is 5.97 Å². The van der Waals surface area contributed by atoms with Gasteiger partial charge in [0.2, 0.25) is 0 Å². The molecule has 0 bridgehead atoms. The molecular weight excluding hydrogens is 264 g/mol. The van der Waals surface area contributed by atoms with Crippen molar-refractivity contribution in [1.29, 1.82) is 0 Å². The van der Waals surface area contributed by atoms with E-state index < -0.39 is 5.97 Å². The van der Waals surface area contributed by atoms with Gasteiger partial charge < -0.3 is 10.5 Å². The van der Waals surface area contributed by atoms with Crippen LogP contribution in [-0.4, -0.2) is 11.0 Å². The molecule has 1 aromatic heterocycles. The van der Waals surface area contributed by atoms with Crippen LogP contribution in [0.15, 0.2) is 36.5 Å². The Morgan fingerprint density at radius 1 is 1.42 bits per heavy atom. The van der Waals surface area contributed by atoms with Crippen molar-refractivity contribution in [3.05, 3.63) is 58.4 Å². The number of ether oxygens (including phenoxy) is 1. The van der Waals surface area contributed by atoms with Gasteiger partial charge in [-0.3, -0.25) is 4.98 Å². The number of carbonyl (C=O) groups is 1. The fraction of sp³-hybridized carbons (Fsp3) is 0.143. The summed E-state index contributed by atoms with van der Waals surface area (Å²) in [5.74, 6) is -0.512. The van der Waals surface area contributed by atoms with Gasteiger partial charge in [0.25, 0.3) is 0 Å². The average molecular weight is 277 g/mol. The molecule has 2 aromatic rings. The van der Waals surface area contributed by atoms with Crippen LogP contribution in [0.5, 0.6) is 0 Å². The number of anilines is 1. The zero-order valence-corrected chi connectivity index (χ0v) is 11.1. The Balaban J connectivity index is 2.10. The Hall–Kier alpha value is -2.07. The third kappa shape index (κ3) is 3.23. The largest absolute Gasteiger partial charge is 0.456 e. The molecule has 0 spiro atoms. The van der Waals surface area contributed by atoms with Crippen LogP contribution in [0.4, 0.5) is 5.69 Å². The van der Waals surface area contributed by atoms with Crippen LogP contribution in [0.3, 0.4) is 0 Å². The molecule has 0 radical (unpaired) electrons. The molecule has 0 atom stereocenters. The van der Waals surface area contributed by atoms with E-state index in [9.17, 15) is 4.79 Å². The highest BCUT2D eigenvalue weighted by Gasteiger charge is 2.13. The van der Waals surface area contributed by atoms with Gasteiger partial charge in [0, 0.05) is 11.9 Å². The topological polar surface area (TPSA) is 65.2 Å². The first-order valence-electron chi connectivity index (χ1n) is 5.70. The third-order valence-electron chi connectivity index (χ3n) is 2.67. The Morgan fingerprint density at radius 2 is 2.21 bits per heavy atom. The molecule has 2 rings (SSSR count). The second-order valence-corrected chi connectivity index (χ2v) is 4.49. The van der Waals surface area contributed by atoms with Crippen LogP contribution in [0.1, 0.15) is 21.6 Å². The van der Waals surface area contributed by atoms with Crippen LogP contribution in [0.25, 0.3) is 0 Å². The van der Waals surface area contributed by atoms with Crippen LogP contribution < -0.4 is 5.73 Å². The lowest BCUT2D eigenvalue weighted by Crippen LogP contribution is -2.08. The number of nitrogen functional groups attached to an aromatic ring is 1. The number of hydrogen-bond acceptors (Lipinski definition) is 4. The van der Waals surface area contributed by atoms with Crippen LogP contribution in [0, 0.1) is 6.92 Å². The molecule has 0 fully saturated rings. The van der Waals surface area contributed by atoms with Gasteiger partial charge in [0.15, 0.2) is 0 Å². The Kier molecular flexibility index (Phi) is 4.02. The van der Waals surface area contributed by atoms with E-state index in [1.807, 2.05) is 19.1 Å². The number of benzene rings is 1. The molecule has 5 heteroatoms. The number of halogens is 1. The zero-order valence-electron chi connectivity index (χ0n) is 10.4. The minimum absolute atomic E-state index is 0.108. The quantitative estimate of drug-likeness (QED) is 0.691. The summed E-state index contributed by atoms with van der Waals surface area (Å²) in [6.07, 6.45) is 1.66. The molecule has 0 aliphatic rings. The van der Waals surface area contributed by atoms with Gasteiger partial charge in [0.1, 0.15) is 6.61 Å². The maximum absolute atomic E-state index is 11.9. The first-order valence-corrected chi connectivity index (χ1v) is 6.08. The predicted molar refractivity (Wildman–Crippen MR) is 74.0 cm³/mol. The molecule has 0 saturated carbocycles. The summed E-state index contributed by atoms with van der Waals surface area (Å²) in [5, 5.41) is 0.317. The first kappa shape index (κ1) is 13.4. The standard InChI is InChI=1S/C14H13ClN2O2/c1-9-3-2-6-17-13(9)8-19-14(18)11-7-10(16)4-5-12(11)15/h2-7H,8,16H2,1H3. The van der Waals surface area contributed by atoms with Gasteiger partial charge in [-0.05, 0) is 36.8 Å². The lowest BCUT2D eigenvalue weighted by molar-refractivity contribution is 0.0467. The summed E-state index contributed by atoms with van der Waals surface area (Å²) in [5.41, 5.74) is 8.03. The molecule has 0 unspecified atom stereocenters. The molecule has 1 aromatic carbocycles. The summed E-state index contributed by atoms with van der Waals surface area (Å²) in [6, 6.07) is 8.43. The maximum atomic E-state index is 11.9. The monoisotopic (exact) mass is 276 g/mol. The second kappa shape index (κ2) is 5.71. The van der Waals surface area contributed by atoms with Crippen molar-refractivity contribution in [3.63, 3.8) is 0 Å². The van der Waals surface area contributed by atoms with Crippen LogP contribution in [-0.2, 0) is 11.3 Å². The van der Waals surface area contributed by atoms with E-state index in [1.165, 1.54) is 6.07 Å². The van der Waals surface area contributed by atoms with Crippen molar-refractivity contribution in [1.82, 2.24) is 4.98 Å². The third-order valence-corrected chi connectivity index (χ3v) is 3.00. The Morgan fingerprint density at radius 3 is 2.95 bits per heavy atom. The molecular formula is C14H13ClN2O2. The summed E-state index contributed by atoms with van der Waals surface area (Å²) in [7, 11) is 0. The molecule has 1 heterocycles. The summed E-state index contributed by atoms with van der Waals surface area (Å²) in [4.78, 5) is 16.1. The molecule has 0 saturated heterocycles. The minimum Gasteiger partial charge on any atom is -0.456 e. The smallest absolute Gasteiger partial charge is 0.340 e. The molecule has 0 amide bonds. The van der Waals surface area contributed by atoms with E-state index in [-0.39, 0.29) is 12.2 Å². The lowest BCUT2D eigenvalue weighted by atomic mass is 10.2. The van der Waals surface area contributed by atoms with Crippen molar-refractivity contribution in [3.8, 4) is 0 Å². The summed E-state index contributed by atoms with van der Waals surface area (Å²) < 4.78 is 5.19. The molecule has 98 valence electrons. The summed E-state index contributed by atoms with van der Waals surface area (Å²) >= 11 is 5.93. The van der Waals surface area contributed by atoms with E-state index in [0.29, 0.717) is 10.7 Å². The lowest BCUT2D eigenvalue weighted by Gasteiger charge is -2.08. The highest BCUT2D eigenvalue weighted by molar-refractivity contribution is 6.33. The normalized spacial score (nSPS) is 10.2. The van der Waals surface area contributed by atoms with Gasteiger partial charge in [-0.2, -0.15) is 0 Å². The van der Waals surface area contributed by atoms with Gasteiger partial charge in [-0.1, -0.05) is 17.7 Å². The maximum Gasteiger partial charge on any atom is 0.340 e. The number of aryl methyl sites for hydroxylation is 1. The van der Waals surface area contributed by atoms with Gasteiger partial charge in [-0.15, -0.1) is 0 Å². The van der Waals surface area contributed by atoms with E-state index in [1.54, 1.807) is 18.3 Å². The van der Waals surface area contributed by atoms with Crippen molar-refractivity contribution >= 4 is 23.3 Å². The van der Waals surface area contributed by atoms with E-state index in [0.717, 1.165) is 11.3 Å². The highest BCUT2D eigenvalue weighted by Crippen LogP contribution is 2.20. The van der Waals surface area contributed by atoms with Gasteiger partial charge in [0.05, 0.1) is 16.3 Å². The predicted octanol–water partition coefficient (Wildman–Crippen LogP) is 2.98. The minimum atomic E-state index is -0.512. The van der Waals surface area contributed by atoms with Crippen molar-refractivity contribution in [2.45, 2.75) is 13.5 Å². The highest BCUT2D eigenvalue weighted by atomic mass is 35.5. The summed E-state index contributed by atoms with van der Waals surface area (Å²) in [6.45, 7) is 2.01. The van der Waals surface area contributed by atoms with E-state index in [4.69, 9.17) is 22.1 Å². The molecule has 4 nitrogen and oxygen atoms in total. The second-order valence-electron chi connectivity index (χ2n) is 4.08. The molecule has 19 heavy (non-hydrogen) atoms. The van der Waals surface area contributed by atoms with Crippen molar-refractivity contribution in [2.75, 3.05) is 5.73 Å². The molecule has 2 N–H and O–H groups in total. The van der Waals surface area contributed by atoms with Crippen LogP contribution >= 0.6 is 11.6 Å². The fourth-order valence-corrected chi connectivity index (χ4v) is 1.78. The molecule has 0 aliphatic heterocycles. The van der Waals surface area contributed by atoms with E-state index in [2.05, 4.69) is 4.98 Å². The number of nitrogens with zero attached hydrogens (tertiary/aromatic N) is 1. The average Bonchev–Trinajstić information content (AvgIpc) is 2.40. The first-order chi connectivity index (χ1) is 9.08. The Labute approximate surface area is 116 Å². The number of nitrogens with two attached hydrogens (primary N) is 1. The van der Waals surface area contributed by atoms with Gasteiger partial charge in [-0.25, -0.2) is 4.79 Å². The van der Waals surface area contributed by atoms with Crippen LogP contribution in [0.2, 0.25) is 5.02 Å². The number of pyridine rings is 1. The number of aromatic nitrogens is 1. The number of carbonyl (C=O) groups excluding carboxylic acids is 1. The number of esters is 1. The molecule has 0 aliphatic carbocycles. The van der Waals surface area contributed by atoms with E-state index >= 15 is 0 Å². The zero-order chi connectivity index (χ0) is 13.8. The SMILES string of the molecule is Cc1cccnc1COC(=O)c1cc(N)ccc1Cl.